The Bertz CT molecular complexity index is 866. The number of benzene rings is 2. The fourth-order valence-corrected chi connectivity index (χ4v) is 4.40. The van der Waals surface area contributed by atoms with Crippen LogP contribution in [-0.2, 0) is 16.9 Å². The number of hydrogen-bond acceptors (Lipinski definition) is 7. The maximum atomic E-state index is 11.1. The Hall–Kier alpha value is -2.00. The van der Waals surface area contributed by atoms with Crippen LogP contribution < -0.4 is 4.74 Å². The summed E-state index contributed by atoms with van der Waals surface area (Å²) in [6, 6.07) is 13.1. The van der Waals surface area contributed by atoms with Gasteiger partial charge in [0.1, 0.15) is 30.2 Å². The summed E-state index contributed by atoms with van der Waals surface area (Å²) < 4.78 is 10.7. The Morgan fingerprint density at radius 2 is 1.79 bits per heavy atom. The molecule has 2 aliphatic rings. The van der Waals surface area contributed by atoms with Crippen molar-refractivity contribution in [3.05, 3.63) is 64.7 Å². The van der Waals surface area contributed by atoms with Gasteiger partial charge in [0.15, 0.2) is 0 Å². The molecule has 6 atom stereocenters. The zero-order valence-corrected chi connectivity index (χ0v) is 16.1. The largest absolute Gasteiger partial charge is 0.497 e. The normalized spacial score (nSPS) is 34.1. The molecule has 1 fully saturated rings. The molecule has 0 radical (unpaired) electrons. The molecule has 0 aromatic heterocycles. The Balaban J connectivity index is 1.70. The van der Waals surface area contributed by atoms with Crippen molar-refractivity contribution in [2.24, 2.45) is 0 Å². The first-order valence-corrected chi connectivity index (χ1v) is 9.71. The number of aliphatic hydroxyl groups excluding tert-OH is 4. The number of hydrogen-bond donors (Lipinski definition) is 5. The maximum Gasteiger partial charge on any atom is 0.222 e. The number of methoxy groups -OCH3 is 1. The topological polar surface area (TPSA) is 120 Å². The molecule has 1 heterocycles. The first-order chi connectivity index (χ1) is 13.9. The number of aryl methyl sites for hydroxylation is 1. The summed E-state index contributed by atoms with van der Waals surface area (Å²) in [4.78, 5) is 0. The van der Waals surface area contributed by atoms with Gasteiger partial charge in [0.05, 0.1) is 13.7 Å². The van der Waals surface area contributed by atoms with E-state index in [1.807, 2.05) is 30.3 Å². The zero-order chi connectivity index (χ0) is 20.8. The lowest BCUT2D eigenvalue weighted by Gasteiger charge is -2.45. The molecular weight excluding hydrogens is 376 g/mol. The van der Waals surface area contributed by atoms with Crippen LogP contribution in [0, 0.1) is 0 Å². The second-order valence-electron chi connectivity index (χ2n) is 7.74. The lowest BCUT2D eigenvalue weighted by atomic mass is 9.85. The van der Waals surface area contributed by atoms with E-state index in [0.29, 0.717) is 0 Å². The van der Waals surface area contributed by atoms with Gasteiger partial charge < -0.3 is 35.0 Å². The fraction of sp³-hybridized carbons (Fsp3) is 0.455. The van der Waals surface area contributed by atoms with Gasteiger partial charge in [-0.25, -0.2) is 0 Å². The standard InChI is InChI=1S/C22H26O7/c1-28-15-7-3-12(4-8-15)16-9-5-13-2-6-14(10-17(13)16)22(27)21(26)20(25)19(24)18(11-23)29-22/h2-4,6-8,10,16,18-21,23-27H,5,9,11H2,1H3/t16?,18-,19-,20+,21-,22-/m1/s1. The van der Waals surface area contributed by atoms with Gasteiger partial charge >= 0.3 is 0 Å². The molecule has 0 saturated carbocycles. The van der Waals surface area contributed by atoms with Crippen molar-refractivity contribution >= 4 is 0 Å². The minimum absolute atomic E-state index is 0.115. The summed E-state index contributed by atoms with van der Waals surface area (Å²) in [5, 5.41) is 51.1. The van der Waals surface area contributed by atoms with Crippen LogP contribution in [0.25, 0.3) is 0 Å². The first kappa shape index (κ1) is 20.3. The second-order valence-corrected chi connectivity index (χ2v) is 7.74. The molecule has 29 heavy (non-hydrogen) atoms. The van der Waals surface area contributed by atoms with Gasteiger partial charge in [-0.05, 0) is 47.7 Å². The Labute approximate surface area is 168 Å². The summed E-state index contributed by atoms with van der Waals surface area (Å²) in [7, 11) is 1.62. The number of rotatable bonds is 4. The zero-order valence-electron chi connectivity index (χ0n) is 16.1. The van der Waals surface area contributed by atoms with Gasteiger partial charge in [0, 0.05) is 11.5 Å². The van der Waals surface area contributed by atoms with Crippen molar-refractivity contribution in [1.29, 1.82) is 0 Å². The van der Waals surface area contributed by atoms with Crippen molar-refractivity contribution in [3.8, 4) is 5.75 Å². The van der Waals surface area contributed by atoms with Gasteiger partial charge in [-0.15, -0.1) is 0 Å². The summed E-state index contributed by atoms with van der Waals surface area (Å²) in [6.07, 6.45) is -4.35. The molecule has 0 amide bonds. The van der Waals surface area contributed by atoms with Gasteiger partial charge in [0.2, 0.25) is 5.79 Å². The molecule has 156 valence electrons. The summed E-state index contributed by atoms with van der Waals surface area (Å²) in [5.41, 5.74) is 3.54. The molecule has 2 aromatic carbocycles. The van der Waals surface area contributed by atoms with Crippen LogP contribution in [0.5, 0.6) is 5.75 Å². The van der Waals surface area contributed by atoms with Crippen LogP contribution in [0.15, 0.2) is 42.5 Å². The van der Waals surface area contributed by atoms with E-state index in [2.05, 4.69) is 0 Å². The predicted octanol–water partition coefficient (Wildman–Crippen LogP) is 0.392. The number of aliphatic hydroxyl groups is 5. The molecule has 1 saturated heterocycles. The predicted molar refractivity (Wildman–Crippen MR) is 103 cm³/mol. The van der Waals surface area contributed by atoms with Crippen molar-refractivity contribution < 1.29 is 35.0 Å². The third-order valence-electron chi connectivity index (χ3n) is 6.12. The SMILES string of the molecule is COc1ccc(C2CCc3ccc([C@@]4(O)O[C@H](CO)[C@@H](O)[C@H](O)[C@H]4O)cc32)cc1. The second kappa shape index (κ2) is 7.68. The van der Waals surface area contributed by atoms with E-state index < -0.39 is 36.8 Å². The lowest BCUT2D eigenvalue weighted by molar-refractivity contribution is -0.357. The molecule has 4 rings (SSSR count). The van der Waals surface area contributed by atoms with Crippen LogP contribution in [-0.4, -0.2) is 63.7 Å². The van der Waals surface area contributed by atoms with E-state index >= 15 is 0 Å². The summed E-state index contributed by atoms with van der Waals surface area (Å²) >= 11 is 0. The van der Waals surface area contributed by atoms with Gasteiger partial charge in [0.25, 0.3) is 0 Å². The monoisotopic (exact) mass is 402 g/mol. The number of ether oxygens (including phenoxy) is 2. The van der Waals surface area contributed by atoms with Crippen LogP contribution in [0.3, 0.4) is 0 Å². The molecule has 1 aliphatic carbocycles. The molecule has 0 bridgehead atoms. The van der Waals surface area contributed by atoms with Gasteiger partial charge in [-0.3, -0.25) is 0 Å². The third kappa shape index (κ3) is 3.34. The Kier molecular flexibility index (Phi) is 5.37. The Morgan fingerprint density at radius 3 is 2.45 bits per heavy atom. The van der Waals surface area contributed by atoms with Crippen LogP contribution >= 0.6 is 0 Å². The molecule has 1 aliphatic heterocycles. The van der Waals surface area contributed by atoms with Crippen LogP contribution in [0.1, 0.15) is 34.6 Å². The average Bonchev–Trinajstić information content (AvgIpc) is 3.18. The van der Waals surface area contributed by atoms with Crippen molar-refractivity contribution in [1.82, 2.24) is 0 Å². The molecule has 1 unspecified atom stereocenters. The quantitative estimate of drug-likeness (QED) is 0.502. The smallest absolute Gasteiger partial charge is 0.222 e. The highest BCUT2D eigenvalue weighted by Gasteiger charge is 2.53. The van der Waals surface area contributed by atoms with Gasteiger partial charge in [-0.1, -0.05) is 24.3 Å². The van der Waals surface area contributed by atoms with E-state index in [1.54, 1.807) is 19.2 Å². The average molecular weight is 402 g/mol. The minimum Gasteiger partial charge on any atom is -0.497 e. The van der Waals surface area contributed by atoms with Crippen LogP contribution in [0.2, 0.25) is 0 Å². The highest BCUT2D eigenvalue weighted by atomic mass is 16.7. The third-order valence-corrected chi connectivity index (χ3v) is 6.12. The van der Waals surface area contributed by atoms with E-state index in [1.165, 1.54) is 0 Å². The summed E-state index contributed by atoms with van der Waals surface area (Å²) in [5.74, 6) is -1.35. The molecule has 2 aromatic rings. The van der Waals surface area contributed by atoms with Crippen LogP contribution in [0.4, 0.5) is 0 Å². The van der Waals surface area contributed by atoms with E-state index in [4.69, 9.17) is 9.47 Å². The highest BCUT2D eigenvalue weighted by Crippen LogP contribution is 2.43. The summed E-state index contributed by atoms with van der Waals surface area (Å²) in [6.45, 7) is -0.604. The first-order valence-electron chi connectivity index (χ1n) is 9.71. The van der Waals surface area contributed by atoms with Crippen molar-refractivity contribution in [2.45, 2.75) is 49.0 Å². The maximum absolute atomic E-state index is 11.1. The molecular formula is C22H26O7. The van der Waals surface area contributed by atoms with Gasteiger partial charge in [-0.2, -0.15) is 0 Å². The van der Waals surface area contributed by atoms with E-state index in [-0.39, 0.29) is 11.5 Å². The molecule has 0 spiro atoms. The Morgan fingerprint density at radius 1 is 1.07 bits per heavy atom. The highest BCUT2D eigenvalue weighted by molar-refractivity contribution is 5.46. The minimum atomic E-state index is -2.24. The lowest BCUT2D eigenvalue weighted by Crippen LogP contribution is -2.63. The van der Waals surface area contributed by atoms with Crippen molar-refractivity contribution in [2.75, 3.05) is 13.7 Å². The van der Waals surface area contributed by atoms with E-state index in [0.717, 1.165) is 35.3 Å². The molecule has 5 N–H and O–H groups in total. The number of fused-ring (bicyclic) bond motifs is 1. The van der Waals surface area contributed by atoms with Crippen molar-refractivity contribution in [3.63, 3.8) is 0 Å². The molecule has 7 heteroatoms. The fourth-order valence-electron chi connectivity index (χ4n) is 4.40. The molecule has 7 nitrogen and oxygen atoms in total. The van der Waals surface area contributed by atoms with E-state index in [9.17, 15) is 25.5 Å².